The molecule has 158 valence electrons. The Morgan fingerprint density at radius 3 is 2.68 bits per heavy atom. The van der Waals surface area contributed by atoms with E-state index in [4.69, 9.17) is 4.74 Å². The zero-order valence-electron chi connectivity index (χ0n) is 16.7. The highest BCUT2D eigenvalue weighted by molar-refractivity contribution is 6.47. The number of nitrogens with one attached hydrogen (secondary N) is 1. The molecule has 2 aromatic carbocycles. The number of non-ortho nitro benzene ring substituents is 1. The predicted octanol–water partition coefficient (Wildman–Crippen LogP) is 1.81. The largest absolute Gasteiger partial charge is 0.461 e. The number of nitrogens with zero attached hydrogens (tertiary/aromatic N) is 3. The lowest BCUT2D eigenvalue weighted by Crippen LogP contribution is -2.48. The van der Waals surface area contributed by atoms with Crippen LogP contribution < -0.4 is 10.3 Å². The molecule has 2 amide bonds. The first kappa shape index (κ1) is 20.2. The topological polar surface area (TPSA) is 131 Å². The van der Waals surface area contributed by atoms with E-state index in [0.29, 0.717) is 5.69 Å². The Hall–Kier alpha value is -4.08. The number of hydrogen-bond donors (Lipinski definition) is 1. The summed E-state index contributed by atoms with van der Waals surface area (Å²) >= 11 is 0. The van der Waals surface area contributed by atoms with E-state index < -0.39 is 34.2 Å². The Morgan fingerprint density at radius 2 is 2.00 bits per heavy atom. The van der Waals surface area contributed by atoms with Gasteiger partial charge in [0, 0.05) is 12.1 Å². The van der Waals surface area contributed by atoms with Gasteiger partial charge in [-0.25, -0.2) is 9.69 Å². The van der Waals surface area contributed by atoms with Gasteiger partial charge in [-0.15, -0.1) is 0 Å². The maximum absolute atomic E-state index is 13.7. The van der Waals surface area contributed by atoms with Crippen molar-refractivity contribution in [2.45, 2.75) is 19.4 Å². The fourth-order valence-electron chi connectivity index (χ4n) is 3.96. The van der Waals surface area contributed by atoms with Crippen LogP contribution in [0.25, 0.3) is 0 Å². The van der Waals surface area contributed by atoms with E-state index >= 15 is 0 Å². The number of carbonyl (C=O) groups excluding carboxylic acids is 3. The second kappa shape index (κ2) is 7.31. The van der Waals surface area contributed by atoms with Crippen LogP contribution in [-0.4, -0.2) is 35.0 Å². The van der Waals surface area contributed by atoms with Gasteiger partial charge in [0.25, 0.3) is 11.6 Å². The first-order valence-electron chi connectivity index (χ1n) is 9.53. The number of nitro groups is 1. The molecule has 0 aromatic heterocycles. The number of nitro benzene ring substituents is 1. The van der Waals surface area contributed by atoms with Crippen LogP contribution in [0.1, 0.15) is 18.1 Å². The molecule has 4 rings (SSSR count). The summed E-state index contributed by atoms with van der Waals surface area (Å²) < 4.78 is 5.02. The van der Waals surface area contributed by atoms with Gasteiger partial charge in [-0.3, -0.25) is 25.1 Å². The number of rotatable bonds is 5. The van der Waals surface area contributed by atoms with Crippen molar-refractivity contribution in [3.8, 4) is 0 Å². The number of fused-ring (bicyclic) bond motifs is 1. The minimum absolute atomic E-state index is 0.0537. The fourth-order valence-corrected chi connectivity index (χ4v) is 3.96. The summed E-state index contributed by atoms with van der Waals surface area (Å²) in [6.45, 7) is 3.48. The van der Waals surface area contributed by atoms with Gasteiger partial charge >= 0.3 is 5.97 Å². The number of anilines is 1. The monoisotopic (exact) mass is 422 g/mol. The quantitative estimate of drug-likeness (QED) is 0.336. The summed E-state index contributed by atoms with van der Waals surface area (Å²) in [7, 11) is 0. The molecule has 2 aliphatic rings. The normalized spacial score (nSPS) is 22.1. The van der Waals surface area contributed by atoms with Crippen LogP contribution in [0.5, 0.6) is 0 Å². The van der Waals surface area contributed by atoms with E-state index in [1.807, 2.05) is 13.0 Å². The average Bonchev–Trinajstić information content (AvgIpc) is 3.24. The lowest BCUT2D eigenvalue weighted by atomic mass is 9.78. The van der Waals surface area contributed by atoms with Gasteiger partial charge in [0.15, 0.2) is 11.3 Å². The molecule has 0 unspecified atom stereocenters. The Balaban J connectivity index is 1.90. The zero-order chi connectivity index (χ0) is 22.3. The van der Waals surface area contributed by atoms with Gasteiger partial charge in [0.1, 0.15) is 5.92 Å². The average molecular weight is 422 g/mol. The van der Waals surface area contributed by atoms with Gasteiger partial charge < -0.3 is 4.74 Å². The Kier molecular flexibility index (Phi) is 4.77. The molecule has 0 radical (unpaired) electrons. The van der Waals surface area contributed by atoms with Crippen LogP contribution >= 0.6 is 0 Å². The highest BCUT2D eigenvalue weighted by atomic mass is 16.6. The SMILES string of the molecule is CCOC(=O)C1=NN[C@@]2(c3cccc([N+](=O)[O-])c3)C(=O)N(c3cccc(C)c3)C(=O)[C@H]12. The molecule has 0 saturated carbocycles. The van der Waals surface area contributed by atoms with Crippen molar-refractivity contribution in [3.63, 3.8) is 0 Å². The number of amides is 2. The highest BCUT2D eigenvalue weighted by Crippen LogP contribution is 2.45. The lowest BCUT2D eigenvalue weighted by Gasteiger charge is -2.26. The first-order valence-corrected chi connectivity index (χ1v) is 9.53. The van der Waals surface area contributed by atoms with Gasteiger partial charge in [-0.2, -0.15) is 5.10 Å². The molecule has 2 aliphatic heterocycles. The van der Waals surface area contributed by atoms with Crippen molar-refractivity contribution in [2.24, 2.45) is 11.0 Å². The molecule has 1 fully saturated rings. The third-order valence-electron chi connectivity index (χ3n) is 5.32. The molecule has 2 atom stereocenters. The number of ether oxygens (including phenoxy) is 1. The second-order valence-corrected chi connectivity index (χ2v) is 7.20. The Bertz CT molecular complexity index is 1160. The standard InChI is InChI=1S/C21H18N4O6/c1-3-31-19(27)17-16-18(26)24(14-8-4-6-12(2)10-14)20(28)21(16,23-22-17)13-7-5-9-15(11-13)25(29)30/h4-11,16,23H,3H2,1-2H3/t16-,21+/m0/s1. The number of aryl methyl sites for hydroxylation is 1. The zero-order valence-corrected chi connectivity index (χ0v) is 16.7. The minimum atomic E-state index is -1.80. The van der Waals surface area contributed by atoms with Crippen LogP contribution in [0.2, 0.25) is 0 Å². The van der Waals surface area contributed by atoms with Gasteiger partial charge in [0.05, 0.1) is 17.2 Å². The molecule has 0 spiro atoms. The molecule has 31 heavy (non-hydrogen) atoms. The number of carbonyl (C=O) groups is 3. The highest BCUT2D eigenvalue weighted by Gasteiger charge is 2.67. The molecule has 2 aromatic rings. The molecule has 0 bridgehead atoms. The Labute approximate surface area is 176 Å². The number of hydrogen-bond acceptors (Lipinski definition) is 8. The smallest absolute Gasteiger partial charge is 0.355 e. The number of imide groups is 1. The molecular weight excluding hydrogens is 404 g/mol. The van der Waals surface area contributed by atoms with Crippen LogP contribution in [0.4, 0.5) is 11.4 Å². The molecule has 2 heterocycles. The van der Waals surface area contributed by atoms with E-state index in [1.165, 1.54) is 24.3 Å². The van der Waals surface area contributed by atoms with Gasteiger partial charge in [-0.1, -0.05) is 24.3 Å². The molecule has 10 nitrogen and oxygen atoms in total. The maximum atomic E-state index is 13.7. The number of esters is 1. The van der Waals surface area contributed by atoms with E-state index in [0.717, 1.165) is 10.5 Å². The third kappa shape index (κ3) is 2.95. The number of benzene rings is 2. The van der Waals surface area contributed by atoms with Crippen LogP contribution in [0, 0.1) is 23.0 Å². The third-order valence-corrected chi connectivity index (χ3v) is 5.32. The van der Waals surface area contributed by atoms with Gasteiger partial charge in [-0.05, 0) is 37.1 Å². The fraction of sp³-hybridized carbons (Fsp3) is 0.238. The van der Waals surface area contributed by atoms with Crippen molar-refractivity contribution in [1.29, 1.82) is 0 Å². The van der Waals surface area contributed by atoms with Crippen molar-refractivity contribution < 1.29 is 24.0 Å². The summed E-state index contributed by atoms with van der Waals surface area (Å²) in [5.41, 5.74) is 1.66. The van der Waals surface area contributed by atoms with E-state index in [1.54, 1.807) is 25.1 Å². The van der Waals surface area contributed by atoms with Crippen LogP contribution in [0.3, 0.4) is 0 Å². The van der Waals surface area contributed by atoms with Crippen LogP contribution in [-0.2, 0) is 24.7 Å². The number of hydrazone groups is 1. The van der Waals surface area contributed by atoms with Crippen molar-refractivity contribution in [1.82, 2.24) is 5.43 Å². The first-order chi connectivity index (χ1) is 14.8. The summed E-state index contributed by atoms with van der Waals surface area (Å²) in [6.07, 6.45) is 0. The summed E-state index contributed by atoms with van der Waals surface area (Å²) in [4.78, 5) is 51.3. The predicted molar refractivity (Wildman–Crippen MR) is 109 cm³/mol. The summed E-state index contributed by atoms with van der Waals surface area (Å²) in [5, 5.41) is 15.3. The minimum Gasteiger partial charge on any atom is -0.461 e. The molecule has 10 heteroatoms. The van der Waals surface area contributed by atoms with Crippen molar-refractivity contribution in [2.75, 3.05) is 11.5 Å². The van der Waals surface area contributed by atoms with Crippen molar-refractivity contribution >= 4 is 34.9 Å². The van der Waals surface area contributed by atoms with E-state index in [-0.39, 0.29) is 23.6 Å². The Morgan fingerprint density at radius 1 is 1.26 bits per heavy atom. The van der Waals surface area contributed by atoms with E-state index in [9.17, 15) is 24.5 Å². The molecule has 0 aliphatic carbocycles. The summed E-state index contributed by atoms with van der Waals surface area (Å²) in [5.74, 6) is -3.52. The molecule has 1 saturated heterocycles. The van der Waals surface area contributed by atoms with Crippen molar-refractivity contribution in [3.05, 3.63) is 69.8 Å². The van der Waals surface area contributed by atoms with Crippen LogP contribution in [0.15, 0.2) is 53.6 Å². The van der Waals surface area contributed by atoms with Gasteiger partial charge in [0.2, 0.25) is 5.91 Å². The maximum Gasteiger partial charge on any atom is 0.355 e. The molecular formula is C21H18N4O6. The lowest BCUT2D eigenvalue weighted by molar-refractivity contribution is -0.385. The summed E-state index contributed by atoms with van der Waals surface area (Å²) in [6, 6.07) is 12.2. The van der Waals surface area contributed by atoms with E-state index in [2.05, 4.69) is 10.5 Å². The molecule has 1 N–H and O–H groups in total. The second-order valence-electron chi connectivity index (χ2n) is 7.20.